The molecule has 10 aromatic carbocycles. The minimum absolute atomic E-state index is 0.538. The molecule has 11 aromatic rings. The lowest BCUT2D eigenvalue weighted by molar-refractivity contribution is 0.669. The maximum Gasteiger partial charge on any atom is 0.137 e. The van der Waals surface area contributed by atoms with Crippen molar-refractivity contribution in [3.05, 3.63) is 222 Å². The van der Waals surface area contributed by atoms with Crippen molar-refractivity contribution in [1.29, 1.82) is 0 Å². The van der Waals surface area contributed by atoms with Gasteiger partial charge >= 0.3 is 0 Å². The van der Waals surface area contributed by atoms with E-state index in [1.165, 1.54) is 76.8 Å². The average molecular weight is 724 g/mol. The van der Waals surface area contributed by atoms with Crippen LogP contribution in [0.4, 0.5) is 17.1 Å². The zero-order valence-electron chi connectivity index (χ0n) is 30.9. The minimum Gasteiger partial charge on any atom is -0.456 e. The largest absolute Gasteiger partial charge is 0.456 e. The number of fused-ring (bicyclic) bond motifs is 12. The van der Waals surface area contributed by atoms with E-state index < -0.39 is 5.41 Å². The first kappa shape index (κ1) is 30.9. The first-order valence-corrected chi connectivity index (χ1v) is 19.8. The summed E-state index contributed by atoms with van der Waals surface area (Å²) in [6.07, 6.45) is 0. The second kappa shape index (κ2) is 11.3. The number of benzene rings is 10. The summed E-state index contributed by atoms with van der Waals surface area (Å²) in [4.78, 5) is 2.45. The molecule has 1 heterocycles. The van der Waals surface area contributed by atoms with Gasteiger partial charge in [0.2, 0.25) is 0 Å². The van der Waals surface area contributed by atoms with Crippen LogP contribution in [-0.2, 0) is 5.41 Å². The first-order valence-electron chi connectivity index (χ1n) is 19.8. The zero-order valence-corrected chi connectivity index (χ0v) is 30.9. The van der Waals surface area contributed by atoms with E-state index in [0.29, 0.717) is 0 Å². The van der Waals surface area contributed by atoms with Crippen LogP contribution in [0, 0.1) is 0 Å². The van der Waals surface area contributed by atoms with Gasteiger partial charge in [-0.25, -0.2) is 0 Å². The van der Waals surface area contributed by atoms with Gasteiger partial charge in [0, 0.05) is 33.3 Å². The fourth-order valence-corrected chi connectivity index (χ4v) is 10.6. The number of furan rings is 1. The Balaban J connectivity index is 1.17. The van der Waals surface area contributed by atoms with E-state index >= 15 is 0 Å². The molecule has 57 heavy (non-hydrogen) atoms. The fourth-order valence-electron chi connectivity index (χ4n) is 10.6. The molecule has 0 saturated carbocycles. The van der Waals surface area contributed by atoms with Gasteiger partial charge in [-0.2, -0.15) is 0 Å². The van der Waals surface area contributed by atoms with E-state index in [0.717, 1.165) is 39.0 Å². The van der Waals surface area contributed by atoms with Crippen molar-refractivity contribution in [1.82, 2.24) is 0 Å². The third-order valence-corrected chi connectivity index (χ3v) is 12.8. The molecular weight excluding hydrogens is 691 g/mol. The molecule has 0 amide bonds. The monoisotopic (exact) mass is 723 g/mol. The molecule has 1 spiro atoms. The highest BCUT2D eigenvalue weighted by Gasteiger charge is 2.48. The summed E-state index contributed by atoms with van der Waals surface area (Å²) < 4.78 is 6.53. The van der Waals surface area contributed by atoms with Crippen LogP contribution < -0.4 is 4.90 Å². The summed E-state index contributed by atoms with van der Waals surface area (Å²) >= 11 is 0. The molecule has 1 unspecified atom stereocenters. The van der Waals surface area contributed by atoms with E-state index in [4.69, 9.17) is 4.42 Å². The summed E-state index contributed by atoms with van der Waals surface area (Å²) in [6, 6.07) is 74.0. The molecule has 1 atom stereocenters. The van der Waals surface area contributed by atoms with Crippen molar-refractivity contribution >= 4 is 71.3 Å². The van der Waals surface area contributed by atoms with Gasteiger partial charge in [0.05, 0.1) is 16.8 Å². The first-order chi connectivity index (χ1) is 28.3. The maximum absolute atomic E-state index is 6.53. The van der Waals surface area contributed by atoms with Gasteiger partial charge in [-0.1, -0.05) is 164 Å². The van der Waals surface area contributed by atoms with Crippen LogP contribution in [0.2, 0.25) is 0 Å². The minimum atomic E-state index is -0.538. The van der Waals surface area contributed by atoms with Gasteiger partial charge in [0.1, 0.15) is 11.2 Å². The summed E-state index contributed by atoms with van der Waals surface area (Å²) in [6.45, 7) is 0. The highest BCUT2D eigenvalue weighted by atomic mass is 16.3. The zero-order chi connectivity index (χ0) is 37.2. The third-order valence-electron chi connectivity index (χ3n) is 12.8. The van der Waals surface area contributed by atoms with E-state index in [2.05, 4.69) is 199 Å². The molecule has 0 fully saturated rings. The van der Waals surface area contributed by atoms with Crippen molar-refractivity contribution in [2.24, 2.45) is 0 Å². The van der Waals surface area contributed by atoms with Crippen molar-refractivity contribution in [3.63, 3.8) is 0 Å². The molecule has 0 bridgehead atoms. The molecule has 0 aliphatic heterocycles. The molecule has 0 N–H and O–H groups in total. The number of para-hydroxylation sites is 1. The number of rotatable bonds is 3. The maximum atomic E-state index is 6.53. The van der Waals surface area contributed by atoms with E-state index in [1.54, 1.807) is 0 Å². The summed E-state index contributed by atoms with van der Waals surface area (Å²) in [5, 5.41) is 9.74. The van der Waals surface area contributed by atoms with E-state index in [-0.39, 0.29) is 0 Å². The van der Waals surface area contributed by atoms with E-state index in [1.807, 2.05) is 6.07 Å². The molecule has 2 heteroatoms. The van der Waals surface area contributed by atoms with E-state index in [9.17, 15) is 0 Å². The quantitative estimate of drug-likeness (QED) is 0.180. The number of hydrogen-bond donors (Lipinski definition) is 0. The van der Waals surface area contributed by atoms with Crippen molar-refractivity contribution in [2.45, 2.75) is 5.41 Å². The van der Waals surface area contributed by atoms with Crippen LogP contribution in [0.3, 0.4) is 0 Å². The number of anilines is 3. The Hall–Kier alpha value is -7.42. The van der Waals surface area contributed by atoms with Gasteiger partial charge < -0.3 is 9.32 Å². The topological polar surface area (TPSA) is 16.4 Å². The second-order valence-corrected chi connectivity index (χ2v) is 15.5. The van der Waals surface area contributed by atoms with Crippen molar-refractivity contribution in [3.8, 4) is 22.3 Å². The predicted octanol–water partition coefficient (Wildman–Crippen LogP) is 14.9. The molecule has 2 aliphatic rings. The fraction of sp³-hybridized carbons (Fsp3) is 0.0182. The SMILES string of the molecule is c1ccc2c(c1)-c1cccc3cccc(c13)C21c2ccccc2-c2ccc(N(c3ccc4c(c3)oc3ccccc34)c3cccc4ccccc34)c3cccc1c23. The Labute approximate surface area is 329 Å². The molecule has 0 radical (unpaired) electrons. The standard InChI is InChI=1S/C55H33NO/c1-2-17-37-34(13-1)14-11-27-49(37)56(36-29-30-41-40-20-5-8-28-51(40)57-52(41)33-36)50-32-31-43-39-19-4-7-24-46(39)55(48-26-12-22-44(50)54(43)48)45-23-6-3-18-38(45)42-21-9-15-35-16-10-25-47(55)53(35)42/h1-33H. The lowest BCUT2D eigenvalue weighted by atomic mass is 9.55. The van der Waals surface area contributed by atoms with Crippen LogP contribution in [0.5, 0.6) is 0 Å². The molecular formula is C55H33NO. The Morgan fingerprint density at radius 3 is 1.72 bits per heavy atom. The summed E-state index contributed by atoms with van der Waals surface area (Å²) in [5.74, 6) is 0. The Morgan fingerprint density at radius 2 is 0.877 bits per heavy atom. The Kier molecular flexibility index (Phi) is 6.13. The molecule has 13 rings (SSSR count). The molecule has 0 saturated heterocycles. The molecule has 1 aromatic heterocycles. The lowest BCUT2D eigenvalue weighted by Gasteiger charge is -2.46. The van der Waals surface area contributed by atoms with Gasteiger partial charge in [-0.3, -0.25) is 0 Å². The summed E-state index contributed by atoms with van der Waals surface area (Å²) in [7, 11) is 0. The second-order valence-electron chi connectivity index (χ2n) is 15.5. The third kappa shape index (κ3) is 3.99. The van der Waals surface area contributed by atoms with Crippen molar-refractivity contribution < 1.29 is 4.42 Å². The van der Waals surface area contributed by atoms with Crippen LogP contribution in [-0.4, -0.2) is 0 Å². The average Bonchev–Trinajstić information content (AvgIpc) is 3.65. The van der Waals surface area contributed by atoms with Gasteiger partial charge in [0.15, 0.2) is 0 Å². The highest BCUT2D eigenvalue weighted by Crippen LogP contribution is 2.61. The highest BCUT2D eigenvalue weighted by molar-refractivity contribution is 6.15. The van der Waals surface area contributed by atoms with Crippen LogP contribution in [0.15, 0.2) is 205 Å². The van der Waals surface area contributed by atoms with Crippen molar-refractivity contribution in [2.75, 3.05) is 4.90 Å². The van der Waals surface area contributed by atoms with Crippen LogP contribution in [0.25, 0.3) is 76.5 Å². The molecule has 2 nitrogen and oxygen atoms in total. The smallest absolute Gasteiger partial charge is 0.137 e. The lowest BCUT2D eigenvalue weighted by Crippen LogP contribution is -2.36. The molecule has 264 valence electrons. The van der Waals surface area contributed by atoms with Gasteiger partial charge in [0.25, 0.3) is 0 Å². The Bertz CT molecular complexity index is 3490. The normalized spacial score (nSPS) is 15.1. The van der Waals surface area contributed by atoms with Gasteiger partial charge in [-0.05, 0) is 96.4 Å². The summed E-state index contributed by atoms with van der Waals surface area (Å²) in [5.41, 5.74) is 15.0. The Morgan fingerprint density at radius 1 is 0.333 bits per heavy atom. The number of nitrogens with zero attached hydrogens (tertiary/aromatic N) is 1. The molecule has 2 aliphatic carbocycles. The van der Waals surface area contributed by atoms with Crippen LogP contribution in [0.1, 0.15) is 22.3 Å². The van der Waals surface area contributed by atoms with Crippen LogP contribution >= 0.6 is 0 Å². The van der Waals surface area contributed by atoms with Gasteiger partial charge in [-0.15, -0.1) is 0 Å². The predicted molar refractivity (Wildman–Crippen MR) is 237 cm³/mol. The number of hydrogen-bond acceptors (Lipinski definition) is 2.